The van der Waals surface area contributed by atoms with Crippen molar-refractivity contribution in [3.8, 4) is 5.75 Å². The number of rotatable bonds is 13. The molecule has 0 heterocycles. The quantitative estimate of drug-likeness (QED) is 0.313. The van der Waals surface area contributed by atoms with E-state index in [-0.39, 0.29) is 23.0 Å². The molecular formula is C23H34N4O6S2. The lowest BCUT2D eigenvalue weighted by Crippen LogP contribution is -2.31. The normalized spacial score (nSPS) is 13.5. The summed E-state index contributed by atoms with van der Waals surface area (Å²) >= 11 is 0. The summed E-state index contributed by atoms with van der Waals surface area (Å²) in [4.78, 5) is 14.6. The number of anilines is 1. The van der Waals surface area contributed by atoms with Gasteiger partial charge in [0.1, 0.15) is 12.4 Å². The summed E-state index contributed by atoms with van der Waals surface area (Å²) in [6, 6.07) is 11.8. The number of hydrogen-bond acceptors (Lipinski definition) is 7. The molecule has 0 saturated carbocycles. The molecule has 0 radical (unpaired) electrons. The number of nitrogens with zero attached hydrogens (tertiary/aromatic N) is 1. The fourth-order valence-corrected chi connectivity index (χ4v) is 4.43. The molecule has 0 bridgehead atoms. The van der Waals surface area contributed by atoms with Gasteiger partial charge in [0.2, 0.25) is 10.0 Å². The minimum Gasteiger partial charge on any atom is -0.492 e. The van der Waals surface area contributed by atoms with Gasteiger partial charge in [0.25, 0.3) is 5.91 Å². The largest absolute Gasteiger partial charge is 0.492 e. The molecule has 10 nitrogen and oxygen atoms in total. The molecule has 194 valence electrons. The molecular weight excluding hydrogens is 492 g/mol. The van der Waals surface area contributed by atoms with E-state index in [2.05, 4.69) is 14.9 Å². The lowest BCUT2D eigenvalue weighted by molar-refractivity contribution is 0.0943. The van der Waals surface area contributed by atoms with Crippen molar-refractivity contribution in [1.82, 2.24) is 10.2 Å². The van der Waals surface area contributed by atoms with E-state index in [1.807, 2.05) is 33.0 Å². The summed E-state index contributed by atoms with van der Waals surface area (Å²) in [5, 5.41) is 2.76. The third kappa shape index (κ3) is 11.1. The molecule has 0 fully saturated rings. The first-order valence-electron chi connectivity index (χ1n) is 11.0. The molecule has 1 unspecified atom stereocenters. The van der Waals surface area contributed by atoms with Gasteiger partial charge in [-0.15, -0.1) is 0 Å². The van der Waals surface area contributed by atoms with Crippen molar-refractivity contribution in [3.63, 3.8) is 0 Å². The molecule has 0 aliphatic heterocycles. The number of benzene rings is 2. The Morgan fingerprint density at radius 3 is 2.29 bits per heavy atom. The van der Waals surface area contributed by atoms with Crippen LogP contribution in [0.2, 0.25) is 0 Å². The topological polar surface area (TPSA) is 149 Å². The molecule has 35 heavy (non-hydrogen) atoms. The molecule has 2 aromatic rings. The van der Waals surface area contributed by atoms with Gasteiger partial charge in [-0.25, -0.2) is 17.4 Å². The van der Waals surface area contributed by atoms with Crippen LogP contribution < -0.4 is 14.8 Å². The van der Waals surface area contributed by atoms with E-state index in [1.54, 1.807) is 18.2 Å². The van der Waals surface area contributed by atoms with Crippen molar-refractivity contribution in [2.24, 2.45) is 0 Å². The number of likely N-dealkylation sites (N-methyl/N-ethyl adjacent to an activating group) is 1. The monoisotopic (exact) mass is 526 g/mol. The van der Waals surface area contributed by atoms with Crippen LogP contribution in [-0.2, 0) is 32.2 Å². The van der Waals surface area contributed by atoms with Crippen LogP contribution in [0.15, 0.2) is 42.5 Å². The van der Waals surface area contributed by atoms with Gasteiger partial charge in [-0.05, 0) is 56.6 Å². The molecule has 1 atom stereocenters. The summed E-state index contributed by atoms with van der Waals surface area (Å²) in [6.45, 7) is 5.39. The highest BCUT2D eigenvalue weighted by Gasteiger charge is 2.16. The lowest BCUT2D eigenvalue weighted by atomic mass is 10.1. The van der Waals surface area contributed by atoms with Gasteiger partial charge in [0.05, 0.1) is 23.3 Å². The molecule has 0 aromatic heterocycles. The maximum Gasteiger partial charge on any atom is 0.253 e. The highest BCUT2D eigenvalue weighted by Crippen LogP contribution is 2.23. The van der Waals surface area contributed by atoms with Crippen LogP contribution in [0.5, 0.6) is 5.75 Å². The van der Waals surface area contributed by atoms with Crippen LogP contribution >= 0.6 is 0 Å². The highest BCUT2D eigenvalue weighted by molar-refractivity contribution is 7.92. The fourth-order valence-electron chi connectivity index (χ4n) is 3.21. The van der Waals surface area contributed by atoms with E-state index in [9.17, 15) is 17.4 Å². The predicted octanol–water partition coefficient (Wildman–Crippen LogP) is 2.77. The van der Waals surface area contributed by atoms with Crippen molar-refractivity contribution >= 4 is 31.6 Å². The Bertz CT molecular complexity index is 1210. The minimum atomic E-state index is -3.55. The van der Waals surface area contributed by atoms with Gasteiger partial charge in [-0.1, -0.05) is 24.3 Å². The average molecular weight is 527 g/mol. The molecule has 12 heteroatoms. The summed E-state index contributed by atoms with van der Waals surface area (Å²) in [6.07, 6.45) is 1.80. The molecule has 0 aliphatic carbocycles. The van der Waals surface area contributed by atoms with E-state index in [4.69, 9.17) is 14.1 Å². The Morgan fingerprint density at radius 1 is 1.09 bits per heavy atom. The Balaban J connectivity index is 1.91. The van der Waals surface area contributed by atoms with Gasteiger partial charge in [-0.3, -0.25) is 9.52 Å². The van der Waals surface area contributed by atoms with E-state index in [1.165, 1.54) is 12.1 Å². The molecule has 0 saturated heterocycles. The zero-order chi connectivity index (χ0) is 26.2. The lowest BCUT2D eigenvalue weighted by Gasteiger charge is -2.18. The molecule has 2 aromatic carbocycles. The summed E-state index contributed by atoms with van der Waals surface area (Å²) in [5.74, 6) is -0.128. The third-order valence-corrected chi connectivity index (χ3v) is 6.18. The zero-order valence-electron chi connectivity index (χ0n) is 20.4. The number of hydrogen-bond donors (Lipinski definition) is 4. The maximum absolute atomic E-state index is 12.6. The summed E-state index contributed by atoms with van der Waals surface area (Å²) < 4.78 is 58.9. The van der Waals surface area contributed by atoms with E-state index < -0.39 is 25.9 Å². The predicted molar refractivity (Wildman–Crippen MR) is 138 cm³/mol. The number of nitrogens with one attached hydrogen (secondary N) is 3. The van der Waals surface area contributed by atoms with Gasteiger partial charge >= 0.3 is 0 Å². The third-order valence-electron chi connectivity index (χ3n) is 4.86. The molecule has 4 N–H and O–H groups in total. The van der Waals surface area contributed by atoms with Crippen LogP contribution in [0.4, 0.5) is 5.69 Å². The number of ether oxygens (including phenoxy) is 1. The van der Waals surface area contributed by atoms with Gasteiger partial charge in [-0.2, -0.15) is 0 Å². The van der Waals surface area contributed by atoms with E-state index in [0.29, 0.717) is 24.5 Å². The van der Waals surface area contributed by atoms with Crippen LogP contribution in [0.3, 0.4) is 0 Å². The minimum absolute atomic E-state index is 0.114. The Labute approximate surface area is 207 Å². The summed E-state index contributed by atoms with van der Waals surface area (Å²) in [5.41, 5.74) is 2.09. The smallest absolute Gasteiger partial charge is 0.253 e. The van der Waals surface area contributed by atoms with Gasteiger partial charge < -0.3 is 19.5 Å². The van der Waals surface area contributed by atoms with E-state index in [0.717, 1.165) is 24.8 Å². The van der Waals surface area contributed by atoms with Crippen molar-refractivity contribution < 1.29 is 26.7 Å². The Hall–Kier alpha value is -2.67. The molecule has 0 spiro atoms. The number of amides is 1. The second-order valence-corrected chi connectivity index (χ2v) is 12.0. The van der Waals surface area contributed by atoms with Crippen molar-refractivity contribution in [3.05, 3.63) is 59.2 Å². The summed E-state index contributed by atoms with van der Waals surface area (Å²) in [7, 11) is -5.14. The Kier molecular flexibility index (Phi) is 10.1. The standard InChI is InChI=1S/C23H34N4O6S2/c1-17(2)25-23(28)21-15-20(9-10-22(21)26-34(4,29)30)33-14-13-27(3)12-11-18-5-7-19(8-6-18)16-35(24,31)32/h5-10,15,17,26H,11-14,16H2,1-4H3,(H,25,28)(H2,24,31,32). The van der Waals surface area contributed by atoms with Crippen LogP contribution in [0.1, 0.15) is 35.3 Å². The van der Waals surface area contributed by atoms with Gasteiger partial charge in [0, 0.05) is 19.1 Å². The van der Waals surface area contributed by atoms with Crippen LogP contribution in [-0.4, -0.2) is 67.0 Å². The molecule has 2 rings (SSSR count). The first-order chi connectivity index (χ1) is 16.2. The molecule has 1 amide bonds. The number of carbonyl (C=O) groups excluding carboxylic acids is 1. The van der Waals surface area contributed by atoms with Crippen molar-refractivity contribution in [1.29, 1.82) is 4.78 Å². The first-order valence-corrected chi connectivity index (χ1v) is 14.6. The highest BCUT2D eigenvalue weighted by atomic mass is 32.2. The van der Waals surface area contributed by atoms with Crippen molar-refractivity contribution in [2.45, 2.75) is 32.1 Å². The fraction of sp³-hybridized carbons (Fsp3) is 0.435. The van der Waals surface area contributed by atoms with Crippen LogP contribution in [0, 0.1) is 4.78 Å². The van der Waals surface area contributed by atoms with Crippen LogP contribution in [0.25, 0.3) is 0 Å². The van der Waals surface area contributed by atoms with Crippen molar-refractivity contribution in [2.75, 3.05) is 37.7 Å². The molecule has 0 aliphatic rings. The first kappa shape index (κ1) is 28.6. The SMILES string of the molecule is CC(C)NC(=O)c1cc(OCCN(C)CCc2ccc(CS(=N)(=O)O)cc2)ccc1NS(C)(=O)=O. The maximum atomic E-state index is 12.6. The number of sulfonamides is 1. The average Bonchev–Trinajstić information content (AvgIpc) is 2.71. The second kappa shape index (κ2) is 12.3. The van der Waals surface area contributed by atoms with E-state index >= 15 is 0 Å². The zero-order valence-corrected chi connectivity index (χ0v) is 22.0. The number of carbonyl (C=O) groups is 1. The van der Waals surface area contributed by atoms with Gasteiger partial charge in [0.15, 0.2) is 10.0 Å². The Morgan fingerprint density at radius 2 is 1.71 bits per heavy atom. The second-order valence-electron chi connectivity index (χ2n) is 8.71.